The number of rotatable bonds is 2. The van der Waals surface area contributed by atoms with Crippen molar-refractivity contribution in [1.82, 2.24) is 4.31 Å². The Hall–Kier alpha value is -1.45. The van der Waals surface area contributed by atoms with Gasteiger partial charge in [0.05, 0.1) is 10.6 Å². The molecular weight excluding hydrogens is 314 g/mol. The van der Waals surface area contributed by atoms with Gasteiger partial charge in [-0.2, -0.15) is 8.42 Å². The molecule has 1 saturated heterocycles. The van der Waals surface area contributed by atoms with Gasteiger partial charge in [0.15, 0.2) is 0 Å². The number of sulfonamides is 2. The third-order valence-electron chi connectivity index (χ3n) is 3.60. The van der Waals surface area contributed by atoms with Gasteiger partial charge < -0.3 is 4.90 Å². The van der Waals surface area contributed by atoms with Crippen molar-refractivity contribution < 1.29 is 16.8 Å². The third-order valence-corrected chi connectivity index (χ3v) is 6.74. The molecule has 0 aliphatic carbocycles. The van der Waals surface area contributed by atoms with E-state index < -0.39 is 20.0 Å². The highest BCUT2D eigenvalue weighted by molar-refractivity contribution is 7.91. The molecule has 0 amide bonds. The van der Waals surface area contributed by atoms with Gasteiger partial charge in [0.25, 0.3) is 10.0 Å². The second-order valence-electron chi connectivity index (χ2n) is 5.15. The standard InChI is InChI=1S/C12H15N3O4S2/c1-14(2)21(18,19)9-5-6-10-11(8-9)20(16,17)13-12-4-3-7-15(10)12/h5-6,8H,3-4,7H2,1-2H3. The van der Waals surface area contributed by atoms with Crippen LogP contribution in [0.3, 0.4) is 0 Å². The van der Waals surface area contributed by atoms with Gasteiger partial charge in [-0.05, 0) is 24.6 Å². The summed E-state index contributed by atoms with van der Waals surface area (Å²) in [6.07, 6.45) is 1.46. The van der Waals surface area contributed by atoms with E-state index in [-0.39, 0.29) is 9.79 Å². The maximum Gasteiger partial charge on any atom is 0.286 e. The lowest BCUT2D eigenvalue weighted by atomic mass is 10.3. The fourth-order valence-electron chi connectivity index (χ4n) is 2.50. The first-order chi connectivity index (χ1) is 9.73. The molecule has 114 valence electrons. The summed E-state index contributed by atoms with van der Waals surface area (Å²) in [5, 5.41) is 0. The van der Waals surface area contributed by atoms with Gasteiger partial charge in [-0.25, -0.2) is 12.7 Å². The van der Waals surface area contributed by atoms with Crippen LogP contribution in [0.15, 0.2) is 32.4 Å². The van der Waals surface area contributed by atoms with Gasteiger partial charge in [0.1, 0.15) is 10.7 Å². The molecule has 0 bridgehead atoms. The van der Waals surface area contributed by atoms with Crippen molar-refractivity contribution >= 4 is 31.6 Å². The van der Waals surface area contributed by atoms with Gasteiger partial charge in [-0.15, -0.1) is 4.40 Å². The molecule has 3 rings (SSSR count). The molecule has 1 fully saturated rings. The summed E-state index contributed by atoms with van der Waals surface area (Å²) >= 11 is 0. The molecule has 0 N–H and O–H groups in total. The highest BCUT2D eigenvalue weighted by Crippen LogP contribution is 2.36. The van der Waals surface area contributed by atoms with E-state index in [9.17, 15) is 16.8 Å². The molecule has 1 aromatic rings. The second-order valence-corrected chi connectivity index (χ2v) is 8.88. The molecule has 0 aromatic heterocycles. The maximum absolute atomic E-state index is 12.2. The van der Waals surface area contributed by atoms with Crippen molar-refractivity contribution in [3.8, 4) is 0 Å². The minimum absolute atomic E-state index is 0.0453. The summed E-state index contributed by atoms with van der Waals surface area (Å²) in [6, 6.07) is 4.17. The lowest BCUT2D eigenvalue weighted by molar-refractivity contribution is 0.520. The molecule has 0 radical (unpaired) electrons. The highest BCUT2D eigenvalue weighted by Gasteiger charge is 2.34. The van der Waals surface area contributed by atoms with Crippen LogP contribution in [0.25, 0.3) is 0 Å². The minimum atomic E-state index is -3.84. The predicted octanol–water partition coefficient (Wildman–Crippen LogP) is 0.638. The number of amidine groups is 1. The number of fused-ring (bicyclic) bond motifs is 3. The van der Waals surface area contributed by atoms with Crippen LogP contribution in [-0.2, 0) is 20.0 Å². The number of nitrogens with zero attached hydrogens (tertiary/aromatic N) is 3. The zero-order chi connectivity index (χ0) is 15.4. The van der Waals surface area contributed by atoms with Gasteiger partial charge in [0, 0.05) is 27.1 Å². The number of anilines is 1. The van der Waals surface area contributed by atoms with Crippen molar-refractivity contribution in [2.75, 3.05) is 25.5 Å². The van der Waals surface area contributed by atoms with E-state index in [1.165, 1.54) is 26.2 Å². The van der Waals surface area contributed by atoms with Crippen molar-refractivity contribution in [2.24, 2.45) is 4.40 Å². The summed E-state index contributed by atoms with van der Waals surface area (Å²) in [5.41, 5.74) is 0.509. The second kappa shape index (κ2) is 4.52. The van der Waals surface area contributed by atoms with Crippen LogP contribution in [0.1, 0.15) is 12.8 Å². The van der Waals surface area contributed by atoms with Crippen molar-refractivity contribution in [1.29, 1.82) is 0 Å². The number of hydrogen-bond acceptors (Lipinski definition) is 5. The Kier molecular flexibility index (Phi) is 3.12. The Morgan fingerprint density at radius 1 is 1.29 bits per heavy atom. The third kappa shape index (κ3) is 2.16. The molecule has 0 saturated carbocycles. The first kappa shape index (κ1) is 14.5. The summed E-state index contributed by atoms with van der Waals surface area (Å²) in [5.74, 6) is 0.533. The Morgan fingerprint density at radius 3 is 2.67 bits per heavy atom. The molecule has 7 nitrogen and oxygen atoms in total. The summed E-state index contributed by atoms with van der Waals surface area (Å²) < 4.78 is 53.6. The van der Waals surface area contributed by atoms with Gasteiger partial charge in [-0.1, -0.05) is 0 Å². The van der Waals surface area contributed by atoms with Crippen LogP contribution in [0.5, 0.6) is 0 Å². The van der Waals surface area contributed by atoms with Crippen LogP contribution in [0, 0.1) is 0 Å². The average Bonchev–Trinajstić information content (AvgIpc) is 2.85. The molecule has 21 heavy (non-hydrogen) atoms. The minimum Gasteiger partial charge on any atom is -0.328 e. The van der Waals surface area contributed by atoms with E-state index >= 15 is 0 Å². The summed E-state index contributed by atoms with van der Waals surface area (Å²) in [4.78, 5) is 1.74. The zero-order valence-electron chi connectivity index (χ0n) is 11.6. The van der Waals surface area contributed by atoms with Crippen molar-refractivity contribution in [3.63, 3.8) is 0 Å². The molecule has 1 aromatic carbocycles. The Labute approximate surface area is 124 Å². The van der Waals surface area contributed by atoms with E-state index in [2.05, 4.69) is 4.40 Å². The summed E-state index contributed by atoms with van der Waals surface area (Å²) in [6.45, 7) is 0.696. The first-order valence-corrected chi connectivity index (χ1v) is 9.29. The van der Waals surface area contributed by atoms with E-state index in [0.717, 1.165) is 10.7 Å². The molecule has 9 heteroatoms. The Bertz CT molecular complexity index is 841. The summed E-state index contributed by atoms with van der Waals surface area (Å²) in [7, 11) is -4.72. The Balaban J connectivity index is 2.22. The van der Waals surface area contributed by atoms with Gasteiger partial charge in [-0.3, -0.25) is 0 Å². The first-order valence-electron chi connectivity index (χ1n) is 6.41. The van der Waals surface area contributed by atoms with Gasteiger partial charge >= 0.3 is 0 Å². The molecule has 0 spiro atoms. The van der Waals surface area contributed by atoms with Gasteiger partial charge in [0.2, 0.25) is 10.0 Å². The van der Waals surface area contributed by atoms with Crippen LogP contribution in [0.2, 0.25) is 0 Å². The largest absolute Gasteiger partial charge is 0.328 e. The smallest absolute Gasteiger partial charge is 0.286 e. The van der Waals surface area contributed by atoms with E-state index in [1.807, 2.05) is 4.90 Å². The molecule has 2 heterocycles. The predicted molar refractivity (Wildman–Crippen MR) is 78.5 cm³/mol. The topological polar surface area (TPSA) is 87.1 Å². The Morgan fingerprint density at radius 2 is 2.00 bits per heavy atom. The van der Waals surface area contributed by atoms with Crippen LogP contribution < -0.4 is 4.90 Å². The fourth-order valence-corrected chi connectivity index (χ4v) is 4.78. The SMILES string of the molecule is CN(C)S(=O)(=O)c1ccc2c(c1)S(=O)(=O)N=C1CCCN12. The normalized spacial score (nSPS) is 20.1. The molecule has 2 aliphatic heterocycles. The average molecular weight is 329 g/mol. The molecular formula is C12H15N3O4S2. The lowest BCUT2D eigenvalue weighted by Crippen LogP contribution is -2.31. The van der Waals surface area contributed by atoms with Crippen molar-refractivity contribution in [2.45, 2.75) is 22.6 Å². The number of benzene rings is 1. The molecule has 2 aliphatic rings. The highest BCUT2D eigenvalue weighted by atomic mass is 32.2. The van der Waals surface area contributed by atoms with E-state index in [0.29, 0.717) is 24.5 Å². The van der Waals surface area contributed by atoms with Crippen LogP contribution in [-0.4, -0.2) is 47.6 Å². The monoisotopic (exact) mass is 329 g/mol. The molecule has 0 unspecified atom stereocenters. The maximum atomic E-state index is 12.2. The molecule has 0 atom stereocenters. The fraction of sp³-hybridized carbons (Fsp3) is 0.417. The van der Waals surface area contributed by atoms with Crippen molar-refractivity contribution in [3.05, 3.63) is 18.2 Å². The number of hydrogen-bond donors (Lipinski definition) is 0. The van der Waals surface area contributed by atoms with E-state index in [4.69, 9.17) is 0 Å². The zero-order valence-corrected chi connectivity index (χ0v) is 13.3. The van der Waals surface area contributed by atoms with Crippen LogP contribution in [0.4, 0.5) is 5.69 Å². The lowest BCUT2D eigenvalue weighted by Gasteiger charge is -2.26. The van der Waals surface area contributed by atoms with E-state index in [1.54, 1.807) is 6.07 Å². The quantitative estimate of drug-likeness (QED) is 0.794. The van der Waals surface area contributed by atoms with Crippen LogP contribution >= 0.6 is 0 Å².